The molecule has 9 nitrogen and oxygen atoms in total. The van der Waals surface area contributed by atoms with Gasteiger partial charge in [0, 0.05) is 28.5 Å². The highest BCUT2D eigenvalue weighted by molar-refractivity contribution is 6.63. The van der Waals surface area contributed by atoms with Gasteiger partial charge in [-0.05, 0) is 52.2 Å². The zero-order valence-electron chi connectivity index (χ0n) is 15.2. The van der Waals surface area contributed by atoms with Crippen molar-refractivity contribution in [2.45, 2.75) is 52.7 Å². The van der Waals surface area contributed by atoms with Crippen LogP contribution in [0, 0.1) is 13.8 Å². The minimum absolute atomic E-state index is 0.163. The Labute approximate surface area is 146 Å². The van der Waals surface area contributed by atoms with Crippen molar-refractivity contribution in [2.75, 3.05) is 0 Å². The molecule has 0 radical (unpaired) electrons. The molecule has 0 amide bonds. The van der Waals surface area contributed by atoms with Gasteiger partial charge in [-0.1, -0.05) is 0 Å². The number of azide groups is 1. The van der Waals surface area contributed by atoms with Gasteiger partial charge in [-0.25, -0.2) is 14.6 Å². The lowest BCUT2D eigenvalue weighted by Crippen LogP contribution is -2.41. The number of aryl methyl sites for hydroxylation is 1. The van der Waals surface area contributed by atoms with Gasteiger partial charge in [-0.15, -0.1) is 0 Å². The molecule has 0 saturated carbocycles. The standard InChI is InChI=1S/C15H20BN7O2/c1-9-11(16-24-14(3,4)15(5,6)25-16)10(2)23(21-9)13-12(20-22-17)18-7-8-19-13/h7-8H,1-6H3. The molecule has 1 aliphatic heterocycles. The van der Waals surface area contributed by atoms with Crippen molar-refractivity contribution >= 4 is 18.4 Å². The van der Waals surface area contributed by atoms with E-state index < -0.39 is 18.3 Å². The van der Waals surface area contributed by atoms with E-state index in [0.29, 0.717) is 5.82 Å². The van der Waals surface area contributed by atoms with Gasteiger partial charge in [0.2, 0.25) is 0 Å². The maximum atomic E-state index is 8.73. The first kappa shape index (κ1) is 17.4. The molecular weight excluding hydrogens is 321 g/mol. The van der Waals surface area contributed by atoms with E-state index in [1.807, 2.05) is 41.5 Å². The van der Waals surface area contributed by atoms with E-state index in [1.54, 1.807) is 4.68 Å². The third-order valence-corrected chi connectivity index (χ3v) is 4.84. The Kier molecular flexibility index (Phi) is 4.06. The molecule has 0 N–H and O–H groups in total. The molecule has 1 aliphatic rings. The fourth-order valence-corrected chi connectivity index (χ4v) is 2.75. The summed E-state index contributed by atoms with van der Waals surface area (Å²) in [7, 11) is -0.529. The fraction of sp³-hybridized carbons (Fsp3) is 0.533. The van der Waals surface area contributed by atoms with E-state index in [1.165, 1.54) is 12.4 Å². The second-order valence-corrected chi connectivity index (χ2v) is 6.98. The van der Waals surface area contributed by atoms with Crippen LogP contribution in [0.3, 0.4) is 0 Å². The molecule has 1 fully saturated rings. The Balaban J connectivity index is 2.09. The number of hydrogen-bond donors (Lipinski definition) is 0. The molecule has 3 heterocycles. The molecule has 130 valence electrons. The fourth-order valence-electron chi connectivity index (χ4n) is 2.75. The second-order valence-electron chi connectivity index (χ2n) is 6.98. The molecule has 0 spiro atoms. The molecule has 0 aliphatic carbocycles. The summed E-state index contributed by atoms with van der Waals surface area (Å²) in [6.45, 7) is 11.8. The molecule has 2 aromatic rings. The molecule has 0 unspecified atom stereocenters. The van der Waals surface area contributed by atoms with E-state index in [9.17, 15) is 0 Å². The lowest BCUT2D eigenvalue weighted by molar-refractivity contribution is 0.00578. The van der Waals surface area contributed by atoms with Crippen molar-refractivity contribution in [2.24, 2.45) is 5.11 Å². The van der Waals surface area contributed by atoms with Crippen LogP contribution >= 0.6 is 0 Å². The largest absolute Gasteiger partial charge is 0.498 e. The quantitative estimate of drug-likeness (QED) is 0.369. The summed E-state index contributed by atoms with van der Waals surface area (Å²) in [6, 6.07) is 0. The van der Waals surface area contributed by atoms with E-state index in [-0.39, 0.29) is 5.82 Å². The summed E-state index contributed by atoms with van der Waals surface area (Å²) in [5.74, 6) is 0.528. The number of aromatic nitrogens is 4. The van der Waals surface area contributed by atoms with Crippen molar-refractivity contribution in [3.63, 3.8) is 0 Å². The molecular formula is C15H20BN7O2. The minimum Gasteiger partial charge on any atom is -0.399 e. The van der Waals surface area contributed by atoms with Crippen molar-refractivity contribution in [1.82, 2.24) is 19.7 Å². The van der Waals surface area contributed by atoms with E-state index in [0.717, 1.165) is 16.9 Å². The van der Waals surface area contributed by atoms with E-state index >= 15 is 0 Å². The Bertz CT molecular complexity index is 855. The van der Waals surface area contributed by atoms with Crippen molar-refractivity contribution in [1.29, 1.82) is 0 Å². The maximum Gasteiger partial charge on any atom is 0.498 e. The van der Waals surface area contributed by atoms with Gasteiger partial charge < -0.3 is 9.31 Å². The summed E-state index contributed by atoms with van der Waals surface area (Å²) < 4.78 is 13.9. The van der Waals surface area contributed by atoms with Crippen molar-refractivity contribution < 1.29 is 9.31 Å². The second kappa shape index (κ2) is 5.84. The number of nitrogens with zero attached hydrogens (tertiary/aromatic N) is 7. The summed E-state index contributed by atoms with van der Waals surface area (Å²) in [5, 5.41) is 8.12. The topological polar surface area (TPSA) is 111 Å². The van der Waals surface area contributed by atoms with Gasteiger partial charge in [-0.3, -0.25) is 0 Å². The predicted molar refractivity (Wildman–Crippen MR) is 93.2 cm³/mol. The highest BCUT2D eigenvalue weighted by Crippen LogP contribution is 2.37. The minimum atomic E-state index is -0.529. The van der Waals surface area contributed by atoms with Crippen LogP contribution in [0.5, 0.6) is 0 Å². The Morgan fingerprint density at radius 3 is 2.32 bits per heavy atom. The van der Waals surface area contributed by atoms with Crippen LogP contribution in [-0.2, 0) is 9.31 Å². The number of hydrogen-bond acceptors (Lipinski definition) is 6. The van der Waals surface area contributed by atoms with Crippen LogP contribution < -0.4 is 5.46 Å². The van der Waals surface area contributed by atoms with Gasteiger partial charge in [0.25, 0.3) is 0 Å². The van der Waals surface area contributed by atoms with E-state index in [4.69, 9.17) is 14.8 Å². The molecule has 3 rings (SSSR count). The average Bonchev–Trinajstić information content (AvgIpc) is 2.92. The molecule has 0 aromatic carbocycles. The summed E-state index contributed by atoms with van der Waals surface area (Å²) in [6.07, 6.45) is 2.99. The van der Waals surface area contributed by atoms with Crippen LogP contribution in [0.15, 0.2) is 17.5 Å². The zero-order chi connectivity index (χ0) is 18.4. The molecule has 0 atom stereocenters. The third-order valence-electron chi connectivity index (χ3n) is 4.84. The first-order chi connectivity index (χ1) is 11.7. The van der Waals surface area contributed by atoms with Gasteiger partial charge in [0.15, 0.2) is 11.6 Å². The molecule has 1 saturated heterocycles. The van der Waals surface area contributed by atoms with Gasteiger partial charge in [0.05, 0.1) is 16.9 Å². The van der Waals surface area contributed by atoms with Gasteiger partial charge in [0.1, 0.15) is 0 Å². The lowest BCUT2D eigenvalue weighted by Gasteiger charge is -2.32. The number of rotatable bonds is 3. The van der Waals surface area contributed by atoms with Crippen LogP contribution in [0.4, 0.5) is 5.82 Å². The summed E-state index contributed by atoms with van der Waals surface area (Å²) >= 11 is 0. The van der Waals surface area contributed by atoms with Gasteiger partial charge >= 0.3 is 7.12 Å². The van der Waals surface area contributed by atoms with Crippen LogP contribution in [0.25, 0.3) is 16.3 Å². The molecule has 0 bridgehead atoms. The Morgan fingerprint density at radius 2 is 1.72 bits per heavy atom. The third kappa shape index (κ3) is 2.78. The Hall–Kier alpha value is -2.42. The lowest BCUT2D eigenvalue weighted by atomic mass is 9.77. The monoisotopic (exact) mass is 341 g/mol. The average molecular weight is 341 g/mol. The highest BCUT2D eigenvalue weighted by atomic mass is 16.7. The van der Waals surface area contributed by atoms with Gasteiger partial charge in [-0.2, -0.15) is 5.10 Å². The zero-order valence-corrected chi connectivity index (χ0v) is 15.2. The summed E-state index contributed by atoms with van der Waals surface area (Å²) in [4.78, 5) is 11.1. The summed E-state index contributed by atoms with van der Waals surface area (Å²) in [5.41, 5.74) is 10.2. The highest BCUT2D eigenvalue weighted by Gasteiger charge is 2.53. The first-order valence-corrected chi connectivity index (χ1v) is 7.96. The Morgan fingerprint density at radius 1 is 1.12 bits per heavy atom. The van der Waals surface area contributed by atoms with Crippen molar-refractivity contribution in [3.8, 4) is 5.82 Å². The molecule has 2 aromatic heterocycles. The van der Waals surface area contributed by atoms with Crippen LogP contribution in [0.1, 0.15) is 39.1 Å². The van der Waals surface area contributed by atoms with Crippen LogP contribution in [-0.4, -0.2) is 38.1 Å². The van der Waals surface area contributed by atoms with E-state index in [2.05, 4.69) is 25.1 Å². The maximum absolute atomic E-state index is 8.73. The predicted octanol–water partition coefficient (Wildman–Crippen LogP) is 2.52. The normalized spacial score (nSPS) is 18.2. The molecule has 25 heavy (non-hydrogen) atoms. The van der Waals surface area contributed by atoms with Crippen LogP contribution in [0.2, 0.25) is 0 Å². The first-order valence-electron chi connectivity index (χ1n) is 7.96. The molecule has 10 heteroatoms. The SMILES string of the molecule is Cc1nn(-c2nccnc2N=[N+]=[N-])c(C)c1B1OC(C)(C)C(C)(C)O1. The van der Waals surface area contributed by atoms with Crippen molar-refractivity contribution in [3.05, 3.63) is 34.2 Å². The smallest absolute Gasteiger partial charge is 0.399 e.